The summed E-state index contributed by atoms with van der Waals surface area (Å²) in [7, 11) is -0.426. The second-order valence-electron chi connectivity index (χ2n) is 8.17. The van der Waals surface area contributed by atoms with Crippen molar-refractivity contribution in [2.45, 2.75) is 20.8 Å². The van der Waals surface area contributed by atoms with Gasteiger partial charge < -0.3 is 14.2 Å². The van der Waals surface area contributed by atoms with E-state index in [0.29, 0.717) is 0 Å². The van der Waals surface area contributed by atoms with Crippen molar-refractivity contribution in [3.05, 3.63) is 106 Å². The third-order valence-electron chi connectivity index (χ3n) is 5.68. The zero-order chi connectivity index (χ0) is 22.2. The Hall–Kier alpha value is -3.18. The molecule has 0 unspecified atom stereocenters. The normalized spacial score (nSPS) is 12.2. The molecule has 0 fully saturated rings. The van der Waals surface area contributed by atoms with Gasteiger partial charge in [0.2, 0.25) is 0 Å². The van der Waals surface area contributed by atoms with E-state index in [4.69, 9.17) is 9.31 Å². The fourth-order valence-corrected chi connectivity index (χ4v) is 4.60. The number of halogens is 1. The first kappa shape index (κ1) is 20.7. The number of rotatable bonds is 4. The Bertz CT molecular complexity index is 1220. The highest BCUT2D eigenvalue weighted by Gasteiger charge is 2.33. The number of hydrogen-bond acceptors (Lipinski definition) is 3. The van der Waals surface area contributed by atoms with Gasteiger partial charge in [-0.1, -0.05) is 57.9 Å². The van der Waals surface area contributed by atoms with Crippen molar-refractivity contribution in [1.29, 1.82) is 0 Å². The van der Waals surface area contributed by atoms with E-state index in [0.717, 1.165) is 32.8 Å². The molecule has 0 radical (unpaired) electrons. The largest absolute Gasteiger partial charge is 0.632 e. The molecular formula is C27H23BBrNO2. The number of nitrogens with zero attached hydrogens (tertiary/aromatic N) is 1. The van der Waals surface area contributed by atoms with Crippen LogP contribution in [0.1, 0.15) is 16.7 Å². The van der Waals surface area contributed by atoms with E-state index in [1.807, 2.05) is 24.3 Å². The molecule has 4 aromatic rings. The second-order valence-corrected chi connectivity index (χ2v) is 9.08. The van der Waals surface area contributed by atoms with Crippen LogP contribution in [0.3, 0.4) is 0 Å². The van der Waals surface area contributed by atoms with Crippen LogP contribution in [0, 0.1) is 20.8 Å². The van der Waals surface area contributed by atoms with Crippen LogP contribution >= 0.6 is 15.9 Å². The van der Waals surface area contributed by atoms with Crippen molar-refractivity contribution in [1.82, 2.24) is 0 Å². The Balaban J connectivity index is 1.53. The topological polar surface area (TPSA) is 21.7 Å². The molecule has 0 aromatic heterocycles. The van der Waals surface area contributed by atoms with Crippen LogP contribution in [-0.4, -0.2) is 7.12 Å². The van der Waals surface area contributed by atoms with E-state index >= 15 is 0 Å². The van der Waals surface area contributed by atoms with Crippen molar-refractivity contribution < 1.29 is 9.31 Å². The smallest absolute Gasteiger partial charge is 0.519 e. The summed E-state index contributed by atoms with van der Waals surface area (Å²) >= 11 is 3.56. The van der Waals surface area contributed by atoms with Crippen LogP contribution in [0.25, 0.3) is 0 Å². The SMILES string of the molecule is Cc1cc(C)c(N(c2ccc(Br)cc2)c2ccc(B3Oc4ccccc4O3)cc2)c(C)c1. The van der Waals surface area contributed by atoms with Gasteiger partial charge >= 0.3 is 7.12 Å². The van der Waals surface area contributed by atoms with Gasteiger partial charge in [0.15, 0.2) is 0 Å². The molecule has 1 aliphatic heterocycles. The van der Waals surface area contributed by atoms with E-state index in [1.54, 1.807) is 0 Å². The van der Waals surface area contributed by atoms with Crippen LogP contribution in [-0.2, 0) is 0 Å². The summed E-state index contributed by atoms with van der Waals surface area (Å²) in [6.07, 6.45) is 0. The average molecular weight is 484 g/mol. The molecule has 32 heavy (non-hydrogen) atoms. The summed E-state index contributed by atoms with van der Waals surface area (Å²) in [6.45, 7) is 6.49. The maximum absolute atomic E-state index is 5.99. The van der Waals surface area contributed by atoms with Gasteiger partial charge in [0.25, 0.3) is 0 Å². The minimum absolute atomic E-state index is 0.426. The van der Waals surface area contributed by atoms with Gasteiger partial charge in [-0.2, -0.15) is 0 Å². The van der Waals surface area contributed by atoms with E-state index in [2.05, 4.69) is 102 Å². The molecule has 1 heterocycles. The van der Waals surface area contributed by atoms with Gasteiger partial charge in [-0.25, -0.2) is 0 Å². The first-order chi connectivity index (χ1) is 15.5. The Kier molecular flexibility index (Phi) is 5.44. The summed E-state index contributed by atoms with van der Waals surface area (Å²) in [6, 6.07) is 29.1. The highest BCUT2D eigenvalue weighted by Crippen LogP contribution is 2.39. The molecule has 5 heteroatoms. The van der Waals surface area contributed by atoms with Gasteiger partial charge in [-0.15, -0.1) is 0 Å². The Morgan fingerprint density at radius 2 is 1.19 bits per heavy atom. The zero-order valence-corrected chi connectivity index (χ0v) is 19.9. The predicted molar refractivity (Wildman–Crippen MR) is 136 cm³/mol. The molecule has 5 rings (SSSR count). The highest BCUT2D eigenvalue weighted by atomic mass is 79.9. The van der Waals surface area contributed by atoms with Crippen molar-refractivity contribution in [2.75, 3.05) is 4.90 Å². The van der Waals surface area contributed by atoms with E-state index in [9.17, 15) is 0 Å². The van der Waals surface area contributed by atoms with Crippen LogP contribution in [0.15, 0.2) is 89.4 Å². The van der Waals surface area contributed by atoms with Crippen molar-refractivity contribution in [3.8, 4) is 11.5 Å². The van der Waals surface area contributed by atoms with E-state index in [1.165, 1.54) is 22.4 Å². The van der Waals surface area contributed by atoms with Gasteiger partial charge in [-0.05, 0) is 80.4 Å². The Morgan fingerprint density at radius 3 is 1.72 bits per heavy atom. The van der Waals surface area contributed by atoms with Crippen LogP contribution in [0.4, 0.5) is 17.1 Å². The highest BCUT2D eigenvalue weighted by molar-refractivity contribution is 9.10. The third kappa shape index (κ3) is 3.89. The maximum Gasteiger partial charge on any atom is 0.632 e. The molecule has 0 saturated heterocycles. The number of anilines is 3. The monoisotopic (exact) mass is 483 g/mol. The molecule has 4 aromatic carbocycles. The molecule has 0 bridgehead atoms. The summed E-state index contributed by atoms with van der Waals surface area (Å²) in [5, 5.41) is 0. The quantitative estimate of drug-likeness (QED) is 0.291. The number of aryl methyl sites for hydroxylation is 3. The van der Waals surface area contributed by atoms with Gasteiger partial charge in [0.1, 0.15) is 11.5 Å². The van der Waals surface area contributed by atoms with Crippen molar-refractivity contribution in [2.24, 2.45) is 0 Å². The lowest BCUT2D eigenvalue weighted by Gasteiger charge is -2.29. The summed E-state index contributed by atoms with van der Waals surface area (Å²) in [5.74, 6) is 1.56. The first-order valence-electron chi connectivity index (χ1n) is 10.7. The lowest BCUT2D eigenvalue weighted by Crippen LogP contribution is -2.38. The number of fused-ring (bicyclic) bond motifs is 1. The molecule has 0 saturated carbocycles. The Morgan fingerprint density at radius 1 is 0.688 bits per heavy atom. The molecule has 0 atom stereocenters. The van der Waals surface area contributed by atoms with Gasteiger partial charge in [0.05, 0.1) is 5.69 Å². The summed E-state index contributed by atoms with van der Waals surface area (Å²) in [5.41, 5.74) is 8.13. The second kappa shape index (κ2) is 8.40. The molecule has 0 N–H and O–H groups in total. The number of benzene rings is 4. The molecule has 3 nitrogen and oxygen atoms in total. The van der Waals surface area contributed by atoms with Crippen molar-refractivity contribution >= 4 is 45.6 Å². The fraction of sp³-hybridized carbons (Fsp3) is 0.111. The minimum Gasteiger partial charge on any atom is -0.519 e. The van der Waals surface area contributed by atoms with E-state index < -0.39 is 7.12 Å². The lowest BCUT2D eigenvalue weighted by atomic mass is 9.79. The Labute approximate surface area is 197 Å². The third-order valence-corrected chi connectivity index (χ3v) is 6.21. The van der Waals surface area contributed by atoms with Crippen LogP contribution < -0.4 is 19.7 Å². The summed E-state index contributed by atoms with van der Waals surface area (Å²) < 4.78 is 13.0. The van der Waals surface area contributed by atoms with Crippen molar-refractivity contribution in [3.63, 3.8) is 0 Å². The van der Waals surface area contributed by atoms with Crippen LogP contribution in [0.2, 0.25) is 0 Å². The molecular weight excluding hydrogens is 461 g/mol. The first-order valence-corrected chi connectivity index (χ1v) is 11.4. The zero-order valence-electron chi connectivity index (χ0n) is 18.3. The standard InChI is InChI=1S/C27H23BBrNO2/c1-18-16-19(2)27(20(3)17-18)30(24-14-10-22(29)11-15-24)23-12-8-21(9-13-23)28-31-25-6-4-5-7-26(25)32-28/h4-17H,1-3H3. The average Bonchev–Trinajstić information content (AvgIpc) is 3.21. The molecule has 0 aliphatic carbocycles. The summed E-state index contributed by atoms with van der Waals surface area (Å²) in [4.78, 5) is 2.31. The lowest BCUT2D eigenvalue weighted by molar-refractivity contribution is 0.519. The van der Waals surface area contributed by atoms with Gasteiger partial charge in [-0.3, -0.25) is 0 Å². The van der Waals surface area contributed by atoms with E-state index in [-0.39, 0.29) is 0 Å². The predicted octanol–water partition coefficient (Wildman–Crippen LogP) is 7.01. The number of hydrogen-bond donors (Lipinski definition) is 0. The molecule has 0 spiro atoms. The number of para-hydroxylation sites is 2. The fourth-order valence-electron chi connectivity index (χ4n) is 4.34. The molecule has 158 valence electrons. The molecule has 0 amide bonds. The maximum atomic E-state index is 5.99. The van der Waals surface area contributed by atoms with Gasteiger partial charge in [0, 0.05) is 21.3 Å². The minimum atomic E-state index is -0.426. The molecule has 1 aliphatic rings. The van der Waals surface area contributed by atoms with Crippen LogP contribution in [0.5, 0.6) is 11.5 Å².